The standard InChI is InChI=1S/C23H21BrClNO/c1-15-3-12-21(13-16(15)2)26-22(17-4-8-19(24)9-5-17)14-23(27)18-6-10-20(25)11-7-18/h3-13,22,26H,14H2,1-2H3/t22-/m0/s1. The molecule has 0 saturated carbocycles. The SMILES string of the molecule is Cc1ccc(N[C@@H](CC(=O)c2ccc(Cl)cc2)c2ccc(Br)cc2)cc1C. The lowest BCUT2D eigenvalue weighted by atomic mass is 9.97. The van der Waals surface area contributed by atoms with Crippen LogP contribution in [0.4, 0.5) is 5.69 Å². The topological polar surface area (TPSA) is 29.1 Å². The van der Waals surface area contributed by atoms with Crippen molar-refractivity contribution in [2.24, 2.45) is 0 Å². The second-order valence-electron chi connectivity index (χ2n) is 6.68. The second-order valence-corrected chi connectivity index (χ2v) is 8.03. The molecule has 0 unspecified atom stereocenters. The van der Waals surface area contributed by atoms with E-state index >= 15 is 0 Å². The lowest BCUT2D eigenvalue weighted by molar-refractivity contribution is 0.0976. The van der Waals surface area contributed by atoms with E-state index in [1.54, 1.807) is 24.3 Å². The first-order valence-electron chi connectivity index (χ1n) is 8.80. The summed E-state index contributed by atoms with van der Waals surface area (Å²) in [6.45, 7) is 4.18. The van der Waals surface area contributed by atoms with E-state index in [9.17, 15) is 4.79 Å². The number of aryl methyl sites for hydroxylation is 2. The maximum atomic E-state index is 12.8. The van der Waals surface area contributed by atoms with Gasteiger partial charge in [-0.1, -0.05) is 45.7 Å². The molecule has 3 rings (SSSR count). The predicted molar refractivity (Wildman–Crippen MR) is 117 cm³/mol. The number of hydrogen-bond donors (Lipinski definition) is 1. The van der Waals surface area contributed by atoms with Gasteiger partial charge >= 0.3 is 0 Å². The Kier molecular flexibility index (Phi) is 6.35. The number of carbonyl (C=O) groups is 1. The first-order valence-corrected chi connectivity index (χ1v) is 9.97. The minimum absolute atomic E-state index is 0.0796. The van der Waals surface area contributed by atoms with E-state index in [2.05, 4.69) is 53.3 Å². The zero-order valence-electron chi connectivity index (χ0n) is 15.3. The van der Waals surface area contributed by atoms with Gasteiger partial charge in [-0.05, 0) is 79.1 Å². The Morgan fingerprint density at radius 1 is 0.963 bits per heavy atom. The van der Waals surface area contributed by atoms with Crippen LogP contribution in [0.25, 0.3) is 0 Å². The minimum atomic E-state index is -0.122. The van der Waals surface area contributed by atoms with Gasteiger partial charge in [-0.15, -0.1) is 0 Å². The third-order valence-electron chi connectivity index (χ3n) is 4.68. The normalized spacial score (nSPS) is 11.9. The molecular formula is C23H21BrClNO. The molecule has 0 aliphatic rings. The zero-order chi connectivity index (χ0) is 19.4. The molecular weight excluding hydrogens is 422 g/mol. The summed E-state index contributed by atoms with van der Waals surface area (Å²) in [7, 11) is 0. The highest BCUT2D eigenvalue weighted by Gasteiger charge is 2.18. The van der Waals surface area contributed by atoms with Crippen molar-refractivity contribution in [3.63, 3.8) is 0 Å². The lowest BCUT2D eigenvalue weighted by Gasteiger charge is -2.21. The van der Waals surface area contributed by atoms with Crippen molar-refractivity contribution < 1.29 is 4.79 Å². The Morgan fingerprint density at radius 2 is 1.63 bits per heavy atom. The second kappa shape index (κ2) is 8.73. The first-order chi connectivity index (χ1) is 12.9. The average molecular weight is 443 g/mol. The summed E-state index contributed by atoms with van der Waals surface area (Å²) in [5.41, 5.74) is 5.22. The summed E-state index contributed by atoms with van der Waals surface area (Å²) < 4.78 is 1.01. The van der Waals surface area contributed by atoms with Gasteiger partial charge in [0.15, 0.2) is 5.78 Å². The number of rotatable bonds is 6. The van der Waals surface area contributed by atoms with Crippen molar-refractivity contribution in [3.05, 3.63) is 98.5 Å². The molecule has 0 spiro atoms. The number of benzene rings is 3. The van der Waals surface area contributed by atoms with Crippen molar-refractivity contribution in [1.82, 2.24) is 0 Å². The van der Waals surface area contributed by atoms with Crippen LogP contribution in [-0.4, -0.2) is 5.78 Å². The number of Topliss-reactive ketones (excluding diaryl/α,β-unsaturated/α-hetero) is 1. The van der Waals surface area contributed by atoms with Crippen molar-refractivity contribution in [1.29, 1.82) is 0 Å². The van der Waals surface area contributed by atoms with E-state index in [-0.39, 0.29) is 11.8 Å². The summed E-state index contributed by atoms with van der Waals surface area (Å²) in [4.78, 5) is 12.8. The zero-order valence-corrected chi connectivity index (χ0v) is 17.6. The molecule has 3 aromatic carbocycles. The van der Waals surface area contributed by atoms with Crippen LogP contribution in [0.5, 0.6) is 0 Å². The fourth-order valence-electron chi connectivity index (χ4n) is 2.92. The van der Waals surface area contributed by atoms with Crippen LogP contribution < -0.4 is 5.32 Å². The van der Waals surface area contributed by atoms with Gasteiger partial charge in [-0.2, -0.15) is 0 Å². The van der Waals surface area contributed by atoms with Crippen LogP contribution in [0, 0.1) is 13.8 Å². The third-order valence-corrected chi connectivity index (χ3v) is 5.46. The van der Waals surface area contributed by atoms with Crippen LogP contribution in [0.15, 0.2) is 71.2 Å². The van der Waals surface area contributed by atoms with Crippen molar-refractivity contribution >= 4 is 39.0 Å². The fraction of sp³-hybridized carbons (Fsp3) is 0.174. The van der Waals surface area contributed by atoms with Crippen molar-refractivity contribution in [2.75, 3.05) is 5.32 Å². The Hall–Kier alpha value is -2.10. The summed E-state index contributed by atoms with van der Waals surface area (Å²) in [5.74, 6) is 0.0796. The van der Waals surface area contributed by atoms with E-state index in [0.717, 1.165) is 15.7 Å². The largest absolute Gasteiger partial charge is 0.378 e. The van der Waals surface area contributed by atoms with Crippen LogP contribution >= 0.6 is 27.5 Å². The van der Waals surface area contributed by atoms with Crippen LogP contribution in [0.1, 0.15) is 39.5 Å². The summed E-state index contributed by atoms with van der Waals surface area (Å²) in [6, 6.07) is 21.3. The molecule has 0 aromatic heterocycles. The molecule has 4 heteroatoms. The summed E-state index contributed by atoms with van der Waals surface area (Å²) >= 11 is 9.41. The van der Waals surface area contributed by atoms with Crippen molar-refractivity contribution in [3.8, 4) is 0 Å². The summed E-state index contributed by atoms with van der Waals surface area (Å²) in [5, 5.41) is 4.16. The van der Waals surface area contributed by atoms with E-state index in [1.165, 1.54) is 11.1 Å². The quantitative estimate of drug-likeness (QED) is 0.411. The molecule has 0 radical (unpaired) electrons. The highest BCUT2D eigenvalue weighted by atomic mass is 79.9. The van der Waals surface area contributed by atoms with Gasteiger partial charge in [-0.3, -0.25) is 4.79 Å². The molecule has 1 N–H and O–H groups in total. The van der Waals surface area contributed by atoms with Gasteiger partial charge in [0, 0.05) is 27.2 Å². The number of nitrogens with one attached hydrogen (secondary N) is 1. The molecule has 2 nitrogen and oxygen atoms in total. The molecule has 1 atom stereocenters. The maximum absolute atomic E-state index is 12.8. The van der Waals surface area contributed by atoms with Gasteiger partial charge in [-0.25, -0.2) is 0 Å². The van der Waals surface area contributed by atoms with E-state index in [0.29, 0.717) is 17.0 Å². The number of halogens is 2. The number of hydrogen-bond acceptors (Lipinski definition) is 2. The fourth-order valence-corrected chi connectivity index (χ4v) is 3.31. The maximum Gasteiger partial charge on any atom is 0.165 e. The van der Waals surface area contributed by atoms with Crippen molar-refractivity contribution in [2.45, 2.75) is 26.3 Å². The smallest absolute Gasteiger partial charge is 0.165 e. The Bertz CT molecular complexity index is 936. The molecule has 0 aliphatic heterocycles. The molecule has 0 heterocycles. The number of ketones is 1. The van der Waals surface area contributed by atoms with Gasteiger partial charge in [0.1, 0.15) is 0 Å². The number of carbonyl (C=O) groups excluding carboxylic acids is 1. The van der Waals surface area contributed by atoms with Crippen LogP contribution in [0.2, 0.25) is 5.02 Å². The molecule has 138 valence electrons. The van der Waals surface area contributed by atoms with E-state index in [4.69, 9.17) is 11.6 Å². The Labute approximate surface area is 173 Å². The lowest BCUT2D eigenvalue weighted by Crippen LogP contribution is -2.16. The van der Waals surface area contributed by atoms with E-state index < -0.39 is 0 Å². The Morgan fingerprint density at radius 3 is 2.26 bits per heavy atom. The van der Waals surface area contributed by atoms with Gasteiger partial charge in [0.25, 0.3) is 0 Å². The van der Waals surface area contributed by atoms with Gasteiger partial charge in [0.05, 0.1) is 6.04 Å². The third kappa shape index (κ3) is 5.21. The molecule has 27 heavy (non-hydrogen) atoms. The van der Waals surface area contributed by atoms with E-state index in [1.807, 2.05) is 24.3 Å². The predicted octanol–water partition coefficient (Wildman–Crippen LogP) is 7.15. The molecule has 0 aliphatic carbocycles. The summed E-state index contributed by atoms with van der Waals surface area (Å²) in [6.07, 6.45) is 0.357. The number of anilines is 1. The average Bonchev–Trinajstić information content (AvgIpc) is 2.65. The molecule has 0 bridgehead atoms. The minimum Gasteiger partial charge on any atom is -0.378 e. The monoisotopic (exact) mass is 441 g/mol. The molecule has 0 amide bonds. The van der Waals surface area contributed by atoms with Crippen LogP contribution in [0.3, 0.4) is 0 Å². The van der Waals surface area contributed by atoms with Gasteiger partial charge < -0.3 is 5.32 Å². The van der Waals surface area contributed by atoms with Gasteiger partial charge in [0.2, 0.25) is 0 Å². The van der Waals surface area contributed by atoms with Crippen LogP contribution in [-0.2, 0) is 0 Å². The molecule has 0 saturated heterocycles. The highest BCUT2D eigenvalue weighted by Crippen LogP contribution is 2.27. The molecule has 3 aromatic rings. The first kappa shape index (κ1) is 19.7. The Balaban J connectivity index is 1.86. The highest BCUT2D eigenvalue weighted by molar-refractivity contribution is 9.10. The molecule has 0 fully saturated rings.